The van der Waals surface area contributed by atoms with Crippen LogP contribution in [0.2, 0.25) is 0 Å². The molecular weight excluding hydrogens is 320 g/mol. The highest BCUT2D eigenvalue weighted by atomic mass is 16.1. The molecular formula is C23H33N2O+. The zero-order valence-electron chi connectivity index (χ0n) is 16.8. The summed E-state index contributed by atoms with van der Waals surface area (Å²) in [6.45, 7) is 11.2. The minimum atomic E-state index is 0.0530. The van der Waals surface area contributed by atoms with E-state index in [0.717, 1.165) is 24.1 Å². The van der Waals surface area contributed by atoms with Gasteiger partial charge in [0, 0.05) is 11.3 Å². The lowest BCUT2D eigenvalue weighted by Gasteiger charge is -2.15. The van der Waals surface area contributed by atoms with E-state index < -0.39 is 0 Å². The van der Waals surface area contributed by atoms with E-state index in [9.17, 15) is 4.79 Å². The summed E-state index contributed by atoms with van der Waals surface area (Å²) in [6, 6.07) is 15.2. The monoisotopic (exact) mass is 353 g/mol. The number of para-hydroxylation sites is 1. The predicted octanol–water partition coefficient (Wildman–Crippen LogP) is 4.02. The molecule has 1 atom stereocenters. The number of anilines is 1. The van der Waals surface area contributed by atoms with E-state index in [1.165, 1.54) is 16.7 Å². The number of nitrogens with two attached hydrogens (primary N) is 1. The highest BCUT2D eigenvalue weighted by Gasteiger charge is 2.14. The number of aryl methyl sites for hydroxylation is 2. The molecule has 2 aromatic carbocycles. The minimum absolute atomic E-state index is 0.0530. The molecule has 0 aliphatic heterocycles. The maximum absolute atomic E-state index is 12.4. The molecule has 1 amide bonds. The van der Waals surface area contributed by atoms with E-state index in [2.05, 4.69) is 68.7 Å². The van der Waals surface area contributed by atoms with Crippen LogP contribution in [0.4, 0.5) is 5.69 Å². The second kappa shape index (κ2) is 9.54. The Balaban J connectivity index is 1.91. The Labute approximate surface area is 158 Å². The van der Waals surface area contributed by atoms with Crippen LogP contribution in [0.5, 0.6) is 0 Å². The molecule has 3 heteroatoms. The zero-order chi connectivity index (χ0) is 19.1. The molecule has 140 valence electrons. The highest BCUT2D eigenvalue weighted by Crippen LogP contribution is 2.20. The van der Waals surface area contributed by atoms with Gasteiger partial charge in [-0.05, 0) is 49.3 Å². The Morgan fingerprint density at radius 1 is 1.08 bits per heavy atom. The first kappa shape index (κ1) is 20.2. The Kier molecular flexibility index (Phi) is 7.40. The number of quaternary nitrogens is 1. The van der Waals surface area contributed by atoms with Gasteiger partial charge in [-0.15, -0.1) is 0 Å². The number of hydrogen-bond donors (Lipinski definition) is 2. The van der Waals surface area contributed by atoms with Crippen molar-refractivity contribution in [1.82, 2.24) is 0 Å². The third-order valence-corrected chi connectivity index (χ3v) is 4.81. The average Bonchev–Trinajstić information content (AvgIpc) is 2.61. The van der Waals surface area contributed by atoms with Gasteiger partial charge in [0.25, 0.3) is 5.91 Å². The molecule has 26 heavy (non-hydrogen) atoms. The molecule has 0 bridgehead atoms. The van der Waals surface area contributed by atoms with Gasteiger partial charge >= 0.3 is 0 Å². The summed E-state index contributed by atoms with van der Waals surface area (Å²) < 4.78 is 0. The molecule has 2 rings (SSSR count). The summed E-state index contributed by atoms with van der Waals surface area (Å²) in [5.74, 6) is 0.722. The number of hydrogen-bond acceptors (Lipinski definition) is 1. The lowest BCUT2D eigenvalue weighted by atomic mass is 10.00. The molecule has 0 spiro atoms. The van der Waals surface area contributed by atoms with Crippen molar-refractivity contribution in [1.29, 1.82) is 0 Å². The third-order valence-electron chi connectivity index (χ3n) is 4.81. The van der Waals surface area contributed by atoms with Crippen LogP contribution in [-0.2, 0) is 17.6 Å². The van der Waals surface area contributed by atoms with Crippen molar-refractivity contribution in [3.8, 4) is 0 Å². The van der Waals surface area contributed by atoms with E-state index in [1.54, 1.807) is 0 Å². The quantitative estimate of drug-likeness (QED) is 0.740. The molecule has 3 nitrogen and oxygen atoms in total. The fourth-order valence-electron chi connectivity index (χ4n) is 3.24. The second-order valence-corrected chi connectivity index (χ2v) is 7.58. The summed E-state index contributed by atoms with van der Waals surface area (Å²) in [5.41, 5.74) is 5.91. The van der Waals surface area contributed by atoms with Gasteiger partial charge in [-0.3, -0.25) is 4.79 Å². The van der Waals surface area contributed by atoms with E-state index >= 15 is 0 Å². The number of amides is 1. The van der Waals surface area contributed by atoms with Gasteiger partial charge in [-0.2, -0.15) is 0 Å². The lowest BCUT2D eigenvalue weighted by molar-refractivity contribution is -0.682. The van der Waals surface area contributed by atoms with Gasteiger partial charge < -0.3 is 10.6 Å². The minimum Gasteiger partial charge on any atom is -0.333 e. The molecule has 0 aromatic heterocycles. The summed E-state index contributed by atoms with van der Waals surface area (Å²) in [5, 5.41) is 5.19. The molecule has 0 aliphatic carbocycles. The number of carbonyl (C=O) groups is 1. The Morgan fingerprint density at radius 3 is 2.38 bits per heavy atom. The van der Waals surface area contributed by atoms with Crippen LogP contribution in [0.25, 0.3) is 0 Å². The fourth-order valence-corrected chi connectivity index (χ4v) is 3.24. The van der Waals surface area contributed by atoms with E-state index in [0.29, 0.717) is 12.5 Å². The van der Waals surface area contributed by atoms with Gasteiger partial charge in [0.05, 0.1) is 0 Å². The van der Waals surface area contributed by atoms with Gasteiger partial charge in [-0.25, -0.2) is 0 Å². The van der Waals surface area contributed by atoms with Gasteiger partial charge in [-0.1, -0.05) is 63.2 Å². The maximum Gasteiger partial charge on any atom is 0.279 e. The number of benzene rings is 2. The summed E-state index contributed by atoms with van der Waals surface area (Å²) in [6.07, 6.45) is 2.02. The van der Waals surface area contributed by atoms with Gasteiger partial charge in [0.2, 0.25) is 0 Å². The maximum atomic E-state index is 12.4. The van der Waals surface area contributed by atoms with Crippen molar-refractivity contribution < 1.29 is 10.1 Å². The van der Waals surface area contributed by atoms with Crippen LogP contribution in [0.3, 0.4) is 0 Å². The van der Waals surface area contributed by atoms with E-state index in [-0.39, 0.29) is 11.9 Å². The number of carbonyl (C=O) groups excluding carboxylic acids is 1. The van der Waals surface area contributed by atoms with Crippen molar-refractivity contribution in [3.05, 3.63) is 64.7 Å². The molecule has 0 heterocycles. The second-order valence-electron chi connectivity index (χ2n) is 7.58. The fraction of sp³-hybridized carbons (Fsp3) is 0.435. The lowest BCUT2D eigenvalue weighted by Crippen LogP contribution is -2.86. The molecule has 0 aliphatic rings. The van der Waals surface area contributed by atoms with Crippen LogP contribution < -0.4 is 10.6 Å². The zero-order valence-corrected chi connectivity index (χ0v) is 16.8. The number of rotatable bonds is 8. The van der Waals surface area contributed by atoms with Crippen molar-refractivity contribution in [2.75, 3.05) is 11.9 Å². The van der Waals surface area contributed by atoms with Crippen molar-refractivity contribution in [2.45, 2.75) is 53.5 Å². The number of nitrogens with one attached hydrogen (secondary N) is 1. The standard InChI is InChI=1S/C23H32N2O/c1-6-20-9-7-8-17(4)23(20)25-22(26)15-24-18(5)21-12-10-19(11-13-21)14-16(2)3/h7-13,16,18,24H,6,14-15H2,1-5H3,(H,25,26)/p+1/t18-/m0/s1. The summed E-state index contributed by atoms with van der Waals surface area (Å²) in [4.78, 5) is 12.4. The Morgan fingerprint density at radius 2 is 1.77 bits per heavy atom. The molecule has 0 unspecified atom stereocenters. The highest BCUT2D eigenvalue weighted by molar-refractivity contribution is 5.93. The molecule has 3 N–H and O–H groups in total. The van der Waals surface area contributed by atoms with Gasteiger partial charge in [0.1, 0.15) is 6.04 Å². The molecule has 0 saturated heterocycles. The molecule has 2 aromatic rings. The summed E-state index contributed by atoms with van der Waals surface area (Å²) >= 11 is 0. The topological polar surface area (TPSA) is 45.7 Å². The van der Waals surface area contributed by atoms with Crippen molar-refractivity contribution in [2.24, 2.45) is 5.92 Å². The Bertz CT molecular complexity index is 719. The van der Waals surface area contributed by atoms with E-state index in [4.69, 9.17) is 0 Å². The molecule has 0 saturated carbocycles. The Hall–Kier alpha value is -2.13. The SMILES string of the molecule is CCc1cccc(C)c1NC(=O)C[NH2+][C@@H](C)c1ccc(CC(C)C)cc1. The van der Waals surface area contributed by atoms with E-state index in [1.807, 2.05) is 19.1 Å². The first-order chi connectivity index (χ1) is 12.4. The van der Waals surface area contributed by atoms with Crippen LogP contribution in [-0.4, -0.2) is 12.5 Å². The third kappa shape index (κ3) is 5.70. The molecule has 0 radical (unpaired) electrons. The summed E-state index contributed by atoms with van der Waals surface area (Å²) in [7, 11) is 0. The first-order valence-electron chi connectivity index (χ1n) is 9.71. The first-order valence-corrected chi connectivity index (χ1v) is 9.71. The van der Waals surface area contributed by atoms with Crippen LogP contribution in [0.15, 0.2) is 42.5 Å². The predicted molar refractivity (Wildman–Crippen MR) is 109 cm³/mol. The smallest absolute Gasteiger partial charge is 0.279 e. The average molecular weight is 354 g/mol. The van der Waals surface area contributed by atoms with Gasteiger partial charge in [0.15, 0.2) is 6.54 Å². The van der Waals surface area contributed by atoms with Crippen LogP contribution >= 0.6 is 0 Å². The molecule has 0 fully saturated rings. The van der Waals surface area contributed by atoms with Crippen LogP contribution in [0.1, 0.15) is 56.0 Å². The van der Waals surface area contributed by atoms with Crippen molar-refractivity contribution >= 4 is 11.6 Å². The normalized spacial score (nSPS) is 12.2. The van der Waals surface area contributed by atoms with Crippen molar-refractivity contribution in [3.63, 3.8) is 0 Å². The largest absolute Gasteiger partial charge is 0.333 e. The van der Waals surface area contributed by atoms with Crippen LogP contribution in [0, 0.1) is 12.8 Å².